The molecule has 0 bridgehead atoms. The van der Waals surface area contributed by atoms with Gasteiger partial charge >= 0.3 is 0 Å². The Bertz CT molecular complexity index is 562. The number of benzene rings is 1. The molecular weight excluding hydrogens is 233 g/mol. The van der Waals surface area contributed by atoms with Gasteiger partial charge in [0.05, 0.1) is 11.6 Å². The average molecular weight is 247 g/mol. The molecule has 1 atom stereocenters. The van der Waals surface area contributed by atoms with Gasteiger partial charge in [-0.05, 0) is 38.1 Å². The zero-order valence-corrected chi connectivity index (χ0v) is 10.2. The summed E-state index contributed by atoms with van der Waals surface area (Å²) in [6.07, 6.45) is 0. The molecule has 3 nitrogen and oxygen atoms in total. The van der Waals surface area contributed by atoms with Crippen LogP contribution in [0.5, 0.6) is 0 Å². The van der Waals surface area contributed by atoms with E-state index in [2.05, 4.69) is 5.32 Å². The third-order valence-corrected chi connectivity index (χ3v) is 2.65. The maximum atomic E-state index is 13.4. The second kappa shape index (κ2) is 5.04. The number of hydrogen-bond acceptors (Lipinski definition) is 2. The molecular formula is C14H14FNO2. The summed E-state index contributed by atoms with van der Waals surface area (Å²) in [7, 11) is 0. The molecule has 1 aromatic carbocycles. The van der Waals surface area contributed by atoms with Crippen LogP contribution >= 0.6 is 0 Å². The Labute approximate surface area is 105 Å². The van der Waals surface area contributed by atoms with Crippen LogP contribution in [-0.2, 0) is 0 Å². The van der Waals surface area contributed by atoms with Crippen LogP contribution in [0.2, 0.25) is 0 Å². The fourth-order valence-electron chi connectivity index (χ4n) is 1.68. The summed E-state index contributed by atoms with van der Waals surface area (Å²) in [5.74, 6) is 0.446. The van der Waals surface area contributed by atoms with E-state index in [9.17, 15) is 9.18 Å². The monoisotopic (exact) mass is 247 g/mol. The van der Waals surface area contributed by atoms with E-state index in [-0.39, 0.29) is 11.6 Å². The van der Waals surface area contributed by atoms with Gasteiger partial charge in [-0.1, -0.05) is 12.1 Å². The molecule has 0 spiro atoms. The van der Waals surface area contributed by atoms with Crippen LogP contribution in [0.4, 0.5) is 4.39 Å². The zero-order chi connectivity index (χ0) is 13.1. The molecule has 0 aliphatic rings. The maximum absolute atomic E-state index is 13.4. The first-order valence-corrected chi connectivity index (χ1v) is 5.69. The van der Waals surface area contributed by atoms with Gasteiger partial charge in [0.2, 0.25) is 0 Å². The van der Waals surface area contributed by atoms with E-state index >= 15 is 0 Å². The highest BCUT2D eigenvalue weighted by molar-refractivity contribution is 5.94. The van der Waals surface area contributed by atoms with Crippen molar-refractivity contribution in [1.29, 1.82) is 0 Å². The van der Waals surface area contributed by atoms with Crippen LogP contribution in [0.25, 0.3) is 0 Å². The van der Waals surface area contributed by atoms with Crippen molar-refractivity contribution in [2.75, 3.05) is 0 Å². The normalized spacial score (nSPS) is 12.2. The van der Waals surface area contributed by atoms with E-state index in [1.807, 2.05) is 13.0 Å². The number of furan rings is 1. The maximum Gasteiger partial charge on any atom is 0.254 e. The standard InChI is InChI=1S/C14H14FNO2/c1-9-7-8-13(18-9)10(2)16-14(17)11-5-3-4-6-12(11)15/h3-8,10H,1-2H3,(H,16,17). The third kappa shape index (κ3) is 2.59. The number of hydrogen-bond donors (Lipinski definition) is 1. The molecule has 1 unspecified atom stereocenters. The number of aryl methyl sites for hydroxylation is 1. The van der Waals surface area contributed by atoms with Crippen LogP contribution in [0, 0.1) is 12.7 Å². The highest BCUT2D eigenvalue weighted by Crippen LogP contribution is 2.16. The Balaban J connectivity index is 2.10. The van der Waals surface area contributed by atoms with Crippen molar-refractivity contribution in [1.82, 2.24) is 5.32 Å². The zero-order valence-electron chi connectivity index (χ0n) is 10.2. The van der Waals surface area contributed by atoms with Crippen molar-refractivity contribution in [2.24, 2.45) is 0 Å². The van der Waals surface area contributed by atoms with Gasteiger partial charge in [-0.25, -0.2) is 4.39 Å². The molecule has 94 valence electrons. The van der Waals surface area contributed by atoms with E-state index in [0.29, 0.717) is 5.76 Å². The van der Waals surface area contributed by atoms with Gasteiger partial charge in [0.1, 0.15) is 17.3 Å². The summed E-state index contributed by atoms with van der Waals surface area (Å²) in [6.45, 7) is 3.62. The van der Waals surface area contributed by atoms with Gasteiger partial charge in [-0.3, -0.25) is 4.79 Å². The Kier molecular flexibility index (Phi) is 3.46. The Morgan fingerprint density at radius 1 is 1.28 bits per heavy atom. The topological polar surface area (TPSA) is 42.2 Å². The van der Waals surface area contributed by atoms with E-state index < -0.39 is 11.7 Å². The molecule has 1 N–H and O–H groups in total. The Morgan fingerprint density at radius 2 is 2.00 bits per heavy atom. The molecule has 2 rings (SSSR count). The SMILES string of the molecule is Cc1ccc(C(C)NC(=O)c2ccccc2F)o1. The summed E-state index contributed by atoms with van der Waals surface area (Å²) in [6, 6.07) is 9.20. The molecule has 1 aromatic heterocycles. The molecule has 0 aliphatic carbocycles. The Morgan fingerprint density at radius 3 is 2.61 bits per heavy atom. The van der Waals surface area contributed by atoms with Gasteiger partial charge in [-0.15, -0.1) is 0 Å². The lowest BCUT2D eigenvalue weighted by molar-refractivity contribution is 0.0931. The van der Waals surface area contributed by atoms with Crippen molar-refractivity contribution in [2.45, 2.75) is 19.9 Å². The van der Waals surface area contributed by atoms with Crippen LogP contribution in [0.3, 0.4) is 0 Å². The number of carbonyl (C=O) groups excluding carboxylic acids is 1. The average Bonchev–Trinajstić information content (AvgIpc) is 2.76. The lowest BCUT2D eigenvalue weighted by Gasteiger charge is -2.11. The molecule has 0 radical (unpaired) electrons. The minimum atomic E-state index is -0.530. The van der Waals surface area contributed by atoms with Gasteiger partial charge in [-0.2, -0.15) is 0 Å². The first-order chi connectivity index (χ1) is 8.58. The minimum absolute atomic E-state index is 0.0348. The first-order valence-electron chi connectivity index (χ1n) is 5.69. The lowest BCUT2D eigenvalue weighted by Crippen LogP contribution is -2.27. The smallest absolute Gasteiger partial charge is 0.254 e. The number of amides is 1. The van der Waals surface area contributed by atoms with Crippen LogP contribution in [0.15, 0.2) is 40.8 Å². The molecule has 0 saturated carbocycles. The molecule has 1 heterocycles. The highest BCUT2D eigenvalue weighted by Gasteiger charge is 2.16. The Hall–Kier alpha value is -2.10. The van der Waals surface area contributed by atoms with Crippen LogP contribution in [-0.4, -0.2) is 5.91 Å². The van der Waals surface area contributed by atoms with Crippen molar-refractivity contribution in [3.05, 3.63) is 59.3 Å². The second-order valence-electron chi connectivity index (χ2n) is 4.12. The molecule has 0 fully saturated rings. The van der Waals surface area contributed by atoms with Crippen LogP contribution < -0.4 is 5.32 Å². The predicted octanol–water partition coefficient (Wildman–Crippen LogP) is 3.22. The van der Waals surface area contributed by atoms with Crippen molar-refractivity contribution in [3.63, 3.8) is 0 Å². The summed E-state index contributed by atoms with van der Waals surface area (Å²) in [5.41, 5.74) is 0.0348. The molecule has 18 heavy (non-hydrogen) atoms. The summed E-state index contributed by atoms with van der Waals surface area (Å²) in [4.78, 5) is 11.9. The van der Waals surface area contributed by atoms with Gasteiger partial charge in [0.25, 0.3) is 5.91 Å². The van der Waals surface area contributed by atoms with E-state index in [4.69, 9.17) is 4.42 Å². The summed E-state index contributed by atoms with van der Waals surface area (Å²) >= 11 is 0. The fourth-order valence-corrected chi connectivity index (χ4v) is 1.68. The highest BCUT2D eigenvalue weighted by atomic mass is 19.1. The molecule has 0 aliphatic heterocycles. The largest absolute Gasteiger partial charge is 0.464 e. The molecule has 1 amide bonds. The molecule has 2 aromatic rings. The number of nitrogens with one attached hydrogen (secondary N) is 1. The van der Waals surface area contributed by atoms with Crippen molar-refractivity contribution in [3.8, 4) is 0 Å². The first kappa shape index (κ1) is 12.4. The fraction of sp³-hybridized carbons (Fsp3) is 0.214. The van der Waals surface area contributed by atoms with Gasteiger partial charge < -0.3 is 9.73 Å². The van der Waals surface area contributed by atoms with Gasteiger partial charge in [0.15, 0.2) is 0 Å². The number of halogens is 1. The molecule has 4 heteroatoms. The quantitative estimate of drug-likeness (QED) is 0.904. The molecule has 0 saturated heterocycles. The number of rotatable bonds is 3. The van der Waals surface area contributed by atoms with E-state index in [0.717, 1.165) is 5.76 Å². The lowest BCUT2D eigenvalue weighted by atomic mass is 10.1. The van der Waals surface area contributed by atoms with E-state index in [1.165, 1.54) is 12.1 Å². The second-order valence-corrected chi connectivity index (χ2v) is 4.12. The third-order valence-electron chi connectivity index (χ3n) is 2.65. The summed E-state index contributed by atoms with van der Waals surface area (Å²) < 4.78 is 18.8. The minimum Gasteiger partial charge on any atom is -0.464 e. The van der Waals surface area contributed by atoms with Crippen molar-refractivity contribution >= 4 is 5.91 Å². The number of carbonyl (C=O) groups is 1. The van der Waals surface area contributed by atoms with Crippen molar-refractivity contribution < 1.29 is 13.6 Å². The van der Waals surface area contributed by atoms with E-state index in [1.54, 1.807) is 25.1 Å². The predicted molar refractivity (Wildman–Crippen MR) is 65.7 cm³/mol. The van der Waals surface area contributed by atoms with Crippen LogP contribution in [0.1, 0.15) is 34.8 Å². The van der Waals surface area contributed by atoms with Gasteiger partial charge in [0, 0.05) is 0 Å². The summed E-state index contributed by atoms with van der Waals surface area (Å²) in [5, 5.41) is 2.69.